The molecule has 9 heteroatoms. The third kappa shape index (κ3) is 4.19. The van der Waals surface area contributed by atoms with Crippen molar-refractivity contribution in [2.45, 2.75) is 18.2 Å². The fourth-order valence-electron chi connectivity index (χ4n) is 3.21. The lowest BCUT2D eigenvalue weighted by atomic mass is 10.0. The summed E-state index contributed by atoms with van der Waals surface area (Å²) in [4.78, 5) is 16.1. The Balaban J connectivity index is 1.63. The third-order valence-electron chi connectivity index (χ3n) is 5.15. The molecule has 1 amide bonds. The van der Waals surface area contributed by atoms with Crippen molar-refractivity contribution in [2.24, 2.45) is 0 Å². The van der Waals surface area contributed by atoms with Crippen LogP contribution in [0.25, 0.3) is 11.1 Å². The topological polar surface area (TPSA) is 79.4 Å². The number of benzene rings is 2. The van der Waals surface area contributed by atoms with Gasteiger partial charge in [-0.3, -0.25) is 9.78 Å². The summed E-state index contributed by atoms with van der Waals surface area (Å²) < 4.78 is 54.1. The number of rotatable bonds is 5. The number of aromatic nitrogens is 1. The highest BCUT2D eigenvalue weighted by atomic mass is 32.2. The molecule has 0 atom stereocenters. The van der Waals surface area contributed by atoms with Crippen molar-refractivity contribution in [3.8, 4) is 11.1 Å². The maximum absolute atomic E-state index is 14.2. The minimum atomic E-state index is -3.98. The van der Waals surface area contributed by atoms with Gasteiger partial charge in [-0.2, -0.15) is 4.31 Å². The third-order valence-corrected chi connectivity index (χ3v) is 7.06. The Morgan fingerprint density at radius 3 is 2.48 bits per heavy atom. The minimum Gasteiger partial charge on any atom is -0.322 e. The van der Waals surface area contributed by atoms with Gasteiger partial charge in [0.2, 0.25) is 10.0 Å². The van der Waals surface area contributed by atoms with E-state index in [2.05, 4.69) is 10.3 Å². The molecule has 0 aliphatic carbocycles. The van der Waals surface area contributed by atoms with Crippen LogP contribution in [0.15, 0.2) is 59.8 Å². The van der Waals surface area contributed by atoms with Crippen LogP contribution in [0, 0.1) is 18.6 Å². The molecule has 1 aromatic heterocycles. The predicted octanol–water partition coefficient (Wildman–Crippen LogP) is 3.98. The Bertz CT molecular complexity index is 1270. The zero-order valence-electron chi connectivity index (χ0n) is 16.6. The number of hydrogen-bond donors (Lipinski definition) is 1. The molecule has 1 fully saturated rings. The van der Waals surface area contributed by atoms with Gasteiger partial charge in [0.15, 0.2) is 0 Å². The minimum absolute atomic E-state index is 0.0118. The lowest BCUT2D eigenvalue weighted by Crippen LogP contribution is -2.42. The summed E-state index contributed by atoms with van der Waals surface area (Å²) in [5.41, 5.74) is 2.41. The molecule has 31 heavy (non-hydrogen) atoms. The zero-order chi connectivity index (χ0) is 22.2. The lowest BCUT2D eigenvalue weighted by molar-refractivity contribution is 0.102. The number of amides is 1. The summed E-state index contributed by atoms with van der Waals surface area (Å²) in [5.74, 6) is -1.97. The highest BCUT2D eigenvalue weighted by Gasteiger charge is 2.32. The first kappa shape index (κ1) is 21.1. The molecule has 0 saturated carbocycles. The van der Waals surface area contributed by atoms with Crippen LogP contribution in [-0.4, -0.2) is 36.7 Å². The van der Waals surface area contributed by atoms with Crippen LogP contribution < -0.4 is 5.32 Å². The summed E-state index contributed by atoms with van der Waals surface area (Å²) >= 11 is 0. The van der Waals surface area contributed by atoms with Gasteiger partial charge in [-0.25, -0.2) is 17.2 Å². The van der Waals surface area contributed by atoms with Crippen molar-refractivity contribution in [3.63, 3.8) is 0 Å². The molecule has 1 saturated heterocycles. The molecule has 4 rings (SSSR count). The number of halogens is 2. The van der Waals surface area contributed by atoms with Crippen LogP contribution >= 0.6 is 0 Å². The molecule has 1 aliphatic rings. The van der Waals surface area contributed by atoms with E-state index in [0.717, 1.165) is 30.3 Å². The maximum Gasteiger partial charge on any atom is 0.255 e. The second kappa shape index (κ2) is 8.16. The van der Waals surface area contributed by atoms with E-state index in [4.69, 9.17) is 0 Å². The molecule has 1 N–H and O–H groups in total. The highest BCUT2D eigenvalue weighted by molar-refractivity contribution is 7.89. The van der Waals surface area contributed by atoms with E-state index in [-0.39, 0.29) is 5.56 Å². The average Bonchev–Trinajstić information content (AvgIpc) is 2.68. The molecule has 0 bridgehead atoms. The van der Waals surface area contributed by atoms with Crippen molar-refractivity contribution in [3.05, 3.63) is 77.6 Å². The van der Waals surface area contributed by atoms with E-state index in [1.54, 1.807) is 25.1 Å². The summed E-state index contributed by atoms with van der Waals surface area (Å²) in [5, 5.41) is 2.72. The molecule has 0 unspecified atom stereocenters. The average molecular weight is 443 g/mol. The Hall–Kier alpha value is -3.17. The van der Waals surface area contributed by atoms with Gasteiger partial charge >= 0.3 is 0 Å². The van der Waals surface area contributed by atoms with Gasteiger partial charge in [0.05, 0.1) is 6.20 Å². The van der Waals surface area contributed by atoms with Crippen LogP contribution in [-0.2, 0) is 10.0 Å². The number of nitrogens with one attached hydrogen (secondary N) is 1. The zero-order valence-corrected chi connectivity index (χ0v) is 17.4. The van der Waals surface area contributed by atoms with E-state index in [0.29, 0.717) is 29.9 Å². The second-order valence-electron chi connectivity index (χ2n) is 7.28. The summed E-state index contributed by atoms with van der Waals surface area (Å²) in [6, 6.07) is 9.80. The fraction of sp³-hybridized carbons (Fsp3) is 0.182. The van der Waals surface area contributed by atoms with Crippen LogP contribution in [0.1, 0.15) is 22.3 Å². The van der Waals surface area contributed by atoms with E-state index < -0.39 is 32.5 Å². The molecule has 3 aromatic rings. The SMILES string of the molecule is Cc1ccc(-c2cncc(F)c2)cc1NC(=O)c1ccc(F)c(S(=O)(=O)N2CCC2)c1. The number of sulfonamides is 1. The van der Waals surface area contributed by atoms with Gasteiger partial charge in [0.25, 0.3) is 5.91 Å². The van der Waals surface area contributed by atoms with Crippen LogP contribution in [0.3, 0.4) is 0 Å². The smallest absolute Gasteiger partial charge is 0.255 e. The van der Waals surface area contributed by atoms with Crippen LogP contribution in [0.5, 0.6) is 0 Å². The van der Waals surface area contributed by atoms with Crippen molar-refractivity contribution in [1.29, 1.82) is 0 Å². The number of nitrogens with zero attached hydrogens (tertiary/aromatic N) is 2. The molecule has 6 nitrogen and oxygen atoms in total. The van der Waals surface area contributed by atoms with E-state index in [9.17, 15) is 22.0 Å². The first-order valence-electron chi connectivity index (χ1n) is 9.58. The molecule has 0 spiro atoms. The molecule has 1 aliphatic heterocycles. The Morgan fingerprint density at radius 2 is 1.81 bits per heavy atom. The van der Waals surface area contributed by atoms with Crippen molar-refractivity contribution >= 4 is 21.6 Å². The van der Waals surface area contributed by atoms with E-state index in [1.165, 1.54) is 22.6 Å². The van der Waals surface area contributed by atoms with Gasteiger partial charge in [-0.05, 0) is 54.8 Å². The number of anilines is 1. The number of carbonyl (C=O) groups is 1. The number of pyridine rings is 1. The molecule has 0 radical (unpaired) electrons. The van der Waals surface area contributed by atoms with Crippen molar-refractivity contribution < 1.29 is 22.0 Å². The Morgan fingerprint density at radius 1 is 1.03 bits per heavy atom. The molecule has 160 valence electrons. The summed E-state index contributed by atoms with van der Waals surface area (Å²) in [6.07, 6.45) is 3.32. The van der Waals surface area contributed by atoms with Crippen LogP contribution in [0.4, 0.5) is 14.5 Å². The van der Waals surface area contributed by atoms with Gasteiger partial charge < -0.3 is 5.32 Å². The van der Waals surface area contributed by atoms with Crippen molar-refractivity contribution in [2.75, 3.05) is 18.4 Å². The molecule has 2 aromatic carbocycles. The first-order chi connectivity index (χ1) is 14.8. The van der Waals surface area contributed by atoms with Crippen LogP contribution in [0.2, 0.25) is 0 Å². The quantitative estimate of drug-likeness (QED) is 0.647. The Kier molecular flexibility index (Phi) is 5.55. The molecular weight excluding hydrogens is 424 g/mol. The monoisotopic (exact) mass is 443 g/mol. The van der Waals surface area contributed by atoms with Gasteiger partial charge in [0, 0.05) is 36.1 Å². The standard InChI is InChI=1S/C22H19F2N3O3S/c1-14-3-4-15(17-9-18(23)13-25-12-17)10-20(14)26-22(28)16-5-6-19(24)21(11-16)31(29,30)27-7-2-8-27/h3-6,9-13H,2,7-8H2,1H3,(H,26,28). The van der Waals surface area contributed by atoms with Gasteiger partial charge in [-0.15, -0.1) is 0 Å². The summed E-state index contributed by atoms with van der Waals surface area (Å²) in [6.45, 7) is 2.45. The van der Waals surface area contributed by atoms with Gasteiger partial charge in [0.1, 0.15) is 16.5 Å². The second-order valence-corrected chi connectivity index (χ2v) is 9.18. The number of hydrogen-bond acceptors (Lipinski definition) is 4. The normalized spacial score (nSPS) is 14.2. The Labute approximate surface area is 178 Å². The molecular formula is C22H19F2N3O3S. The largest absolute Gasteiger partial charge is 0.322 e. The number of aryl methyl sites for hydroxylation is 1. The maximum atomic E-state index is 14.2. The predicted molar refractivity (Wildman–Crippen MR) is 112 cm³/mol. The lowest BCUT2D eigenvalue weighted by Gasteiger charge is -2.29. The number of carbonyl (C=O) groups excluding carboxylic acids is 1. The van der Waals surface area contributed by atoms with E-state index >= 15 is 0 Å². The van der Waals surface area contributed by atoms with Gasteiger partial charge in [-0.1, -0.05) is 12.1 Å². The highest BCUT2D eigenvalue weighted by Crippen LogP contribution is 2.27. The van der Waals surface area contributed by atoms with Crippen molar-refractivity contribution in [1.82, 2.24) is 9.29 Å². The van der Waals surface area contributed by atoms with E-state index in [1.807, 2.05) is 0 Å². The molecule has 2 heterocycles. The summed E-state index contributed by atoms with van der Waals surface area (Å²) in [7, 11) is -3.98. The fourth-order valence-corrected chi connectivity index (χ4v) is 4.82. The first-order valence-corrected chi connectivity index (χ1v) is 11.0.